The molecule has 1 aliphatic heterocycles. The maximum absolute atomic E-state index is 12.5. The number of hydrogen-bond acceptors (Lipinski definition) is 3. The second-order valence-corrected chi connectivity index (χ2v) is 7.89. The van der Waals surface area contributed by atoms with Gasteiger partial charge >= 0.3 is 0 Å². The van der Waals surface area contributed by atoms with E-state index in [0.717, 1.165) is 18.5 Å². The summed E-state index contributed by atoms with van der Waals surface area (Å²) in [5, 5.41) is -0.190. The van der Waals surface area contributed by atoms with E-state index in [9.17, 15) is 13.2 Å². The first kappa shape index (κ1) is 14.5. The lowest BCUT2D eigenvalue weighted by atomic mass is 10.0. The number of sulfonamides is 1. The highest BCUT2D eigenvalue weighted by Gasteiger charge is 2.47. The van der Waals surface area contributed by atoms with Crippen molar-refractivity contribution >= 4 is 21.6 Å². The number of rotatable bonds is 5. The summed E-state index contributed by atoms with van der Waals surface area (Å²) in [5.41, 5.74) is 0.869. The minimum Gasteiger partial charge on any atom is -0.312 e. The minimum absolute atomic E-state index is 0.0194. The number of para-hydroxylation sites is 1. The van der Waals surface area contributed by atoms with Crippen molar-refractivity contribution in [3.8, 4) is 0 Å². The molecule has 0 unspecified atom stereocenters. The lowest BCUT2D eigenvalue weighted by Crippen LogP contribution is -2.57. The standard InChI is InChI=1S/C15H20N2O3S/c1-2-17(13-6-4-3-5-7-13)15(18)12-10-16(11-12)21(19,20)14-8-9-14/h3-7,12,14H,2,8-11H2,1H3. The highest BCUT2D eigenvalue weighted by Crippen LogP contribution is 2.35. The lowest BCUT2D eigenvalue weighted by molar-refractivity contribution is -0.125. The molecule has 6 heteroatoms. The van der Waals surface area contributed by atoms with Crippen molar-refractivity contribution in [3.05, 3.63) is 30.3 Å². The quantitative estimate of drug-likeness (QED) is 0.827. The molecule has 2 aliphatic rings. The van der Waals surface area contributed by atoms with E-state index in [4.69, 9.17) is 0 Å². The van der Waals surface area contributed by atoms with E-state index < -0.39 is 10.0 Å². The number of amides is 1. The van der Waals surface area contributed by atoms with Crippen LogP contribution in [0.4, 0.5) is 5.69 Å². The van der Waals surface area contributed by atoms with Crippen LogP contribution in [0.3, 0.4) is 0 Å². The second kappa shape index (κ2) is 5.42. The number of benzene rings is 1. The van der Waals surface area contributed by atoms with Gasteiger partial charge in [-0.2, -0.15) is 4.31 Å². The second-order valence-electron chi connectivity index (χ2n) is 5.68. The number of hydrogen-bond donors (Lipinski definition) is 0. The molecule has 1 amide bonds. The van der Waals surface area contributed by atoms with Gasteiger partial charge in [-0.15, -0.1) is 0 Å². The molecule has 3 rings (SSSR count). The molecule has 2 fully saturated rings. The van der Waals surface area contributed by atoms with Gasteiger partial charge in [0.1, 0.15) is 0 Å². The van der Waals surface area contributed by atoms with Crippen LogP contribution < -0.4 is 4.90 Å². The maximum Gasteiger partial charge on any atom is 0.232 e. The van der Waals surface area contributed by atoms with Gasteiger partial charge in [-0.3, -0.25) is 4.79 Å². The fourth-order valence-electron chi connectivity index (χ4n) is 2.67. The Kier molecular flexibility index (Phi) is 3.75. The van der Waals surface area contributed by atoms with Crippen LogP contribution in [0.1, 0.15) is 19.8 Å². The number of nitrogens with zero attached hydrogens (tertiary/aromatic N) is 2. The van der Waals surface area contributed by atoms with E-state index in [1.165, 1.54) is 4.31 Å². The Labute approximate surface area is 125 Å². The van der Waals surface area contributed by atoms with Crippen LogP contribution in [-0.4, -0.2) is 43.5 Å². The van der Waals surface area contributed by atoms with Crippen molar-refractivity contribution in [1.82, 2.24) is 4.31 Å². The Morgan fingerprint density at radius 1 is 1.24 bits per heavy atom. The van der Waals surface area contributed by atoms with Gasteiger partial charge in [0.2, 0.25) is 15.9 Å². The average Bonchev–Trinajstić information content (AvgIpc) is 3.23. The SMILES string of the molecule is CCN(C(=O)C1CN(S(=O)(=O)C2CC2)C1)c1ccccc1. The summed E-state index contributed by atoms with van der Waals surface area (Å²) in [6.07, 6.45) is 1.53. The topological polar surface area (TPSA) is 57.7 Å². The van der Waals surface area contributed by atoms with E-state index in [1.807, 2.05) is 37.3 Å². The van der Waals surface area contributed by atoms with E-state index in [0.29, 0.717) is 19.6 Å². The Hall–Kier alpha value is -1.40. The van der Waals surface area contributed by atoms with Crippen molar-refractivity contribution < 1.29 is 13.2 Å². The smallest absolute Gasteiger partial charge is 0.232 e. The maximum atomic E-state index is 12.5. The summed E-state index contributed by atoms with van der Waals surface area (Å²) in [4.78, 5) is 14.2. The first-order chi connectivity index (χ1) is 10.0. The number of anilines is 1. The zero-order valence-electron chi connectivity index (χ0n) is 12.1. The summed E-state index contributed by atoms with van der Waals surface area (Å²) < 4.78 is 25.6. The van der Waals surface area contributed by atoms with Crippen molar-refractivity contribution in [1.29, 1.82) is 0 Å². The van der Waals surface area contributed by atoms with Crippen molar-refractivity contribution in [2.75, 3.05) is 24.5 Å². The first-order valence-corrected chi connectivity index (χ1v) is 8.89. The largest absolute Gasteiger partial charge is 0.312 e. The van der Waals surface area contributed by atoms with Gasteiger partial charge in [0.05, 0.1) is 11.2 Å². The summed E-state index contributed by atoms with van der Waals surface area (Å²) in [5.74, 6) is -0.190. The van der Waals surface area contributed by atoms with E-state index in [2.05, 4.69) is 0 Å². The summed E-state index contributed by atoms with van der Waals surface area (Å²) in [7, 11) is -3.13. The molecular weight excluding hydrogens is 288 g/mol. The van der Waals surface area contributed by atoms with Gasteiger partial charge < -0.3 is 4.90 Å². The molecule has 0 aromatic heterocycles. The van der Waals surface area contributed by atoms with Gasteiger partial charge in [-0.25, -0.2) is 8.42 Å². The molecule has 1 aromatic rings. The first-order valence-electron chi connectivity index (χ1n) is 7.39. The molecule has 0 atom stereocenters. The van der Waals surface area contributed by atoms with Gasteiger partial charge in [-0.1, -0.05) is 18.2 Å². The third kappa shape index (κ3) is 2.70. The molecule has 0 radical (unpaired) electrons. The fraction of sp³-hybridized carbons (Fsp3) is 0.533. The van der Waals surface area contributed by atoms with Crippen LogP contribution in [0.25, 0.3) is 0 Å². The third-order valence-electron chi connectivity index (χ3n) is 4.15. The van der Waals surface area contributed by atoms with Crippen LogP contribution in [0.5, 0.6) is 0 Å². The lowest BCUT2D eigenvalue weighted by Gasteiger charge is -2.39. The monoisotopic (exact) mass is 308 g/mol. The summed E-state index contributed by atoms with van der Waals surface area (Å²) in [6, 6.07) is 9.51. The zero-order chi connectivity index (χ0) is 15.0. The van der Waals surface area contributed by atoms with Crippen LogP contribution in [0.2, 0.25) is 0 Å². The Morgan fingerprint density at radius 2 is 1.86 bits per heavy atom. The molecule has 114 valence electrons. The van der Waals surface area contributed by atoms with Crippen molar-refractivity contribution in [2.45, 2.75) is 25.0 Å². The summed E-state index contributed by atoms with van der Waals surface area (Å²) in [6.45, 7) is 3.19. The zero-order valence-corrected chi connectivity index (χ0v) is 12.9. The Bertz CT molecular complexity index is 620. The molecule has 1 saturated heterocycles. The van der Waals surface area contributed by atoms with Crippen molar-refractivity contribution in [3.63, 3.8) is 0 Å². The van der Waals surface area contributed by atoms with Gasteiger partial charge in [0.25, 0.3) is 0 Å². The Balaban J connectivity index is 1.64. The van der Waals surface area contributed by atoms with Gasteiger partial charge in [0.15, 0.2) is 0 Å². The average molecular weight is 308 g/mol. The molecular formula is C15H20N2O3S. The molecule has 1 aromatic carbocycles. The third-order valence-corrected chi connectivity index (χ3v) is 6.48. The van der Waals surface area contributed by atoms with Crippen LogP contribution in [0.15, 0.2) is 30.3 Å². The van der Waals surface area contributed by atoms with Crippen molar-refractivity contribution in [2.24, 2.45) is 5.92 Å². The van der Waals surface area contributed by atoms with Crippen LogP contribution in [0, 0.1) is 5.92 Å². The summed E-state index contributed by atoms with van der Waals surface area (Å²) >= 11 is 0. The van der Waals surface area contributed by atoms with E-state index in [-0.39, 0.29) is 17.1 Å². The number of carbonyl (C=O) groups is 1. The number of carbonyl (C=O) groups excluding carboxylic acids is 1. The predicted molar refractivity (Wildman–Crippen MR) is 81.5 cm³/mol. The normalized spacial score (nSPS) is 20.0. The molecule has 0 spiro atoms. The minimum atomic E-state index is -3.13. The van der Waals surface area contributed by atoms with Gasteiger partial charge in [0, 0.05) is 25.3 Å². The molecule has 21 heavy (non-hydrogen) atoms. The predicted octanol–water partition coefficient (Wildman–Crippen LogP) is 1.46. The van der Waals surface area contributed by atoms with Gasteiger partial charge in [-0.05, 0) is 31.9 Å². The van der Waals surface area contributed by atoms with Crippen LogP contribution >= 0.6 is 0 Å². The Morgan fingerprint density at radius 3 is 2.38 bits per heavy atom. The molecule has 1 heterocycles. The highest BCUT2D eigenvalue weighted by atomic mass is 32.2. The molecule has 0 bridgehead atoms. The van der Waals surface area contributed by atoms with E-state index in [1.54, 1.807) is 4.90 Å². The fourth-order valence-corrected chi connectivity index (χ4v) is 4.60. The highest BCUT2D eigenvalue weighted by molar-refractivity contribution is 7.90. The molecule has 1 saturated carbocycles. The molecule has 5 nitrogen and oxygen atoms in total. The molecule has 0 N–H and O–H groups in total. The van der Waals surface area contributed by atoms with Crippen LogP contribution in [-0.2, 0) is 14.8 Å². The van der Waals surface area contributed by atoms with E-state index >= 15 is 0 Å². The molecule has 1 aliphatic carbocycles.